The smallest absolute Gasteiger partial charge is 0.0601 e. The summed E-state index contributed by atoms with van der Waals surface area (Å²) in [5.74, 6) is 0. The van der Waals surface area contributed by atoms with Crippen molar-refractivity contribution >= 4 is 23.0 Å². The summed E-state index contributed by atoms with van der Waals surface area (Å²) in [6, 6.07) is 11.4. The molecule has 0 aliphatic heterocycles. The van der Waals surface area contributed by atoms with Crippen LogP contribution in [-0.4, -0.2) is 12.0 Å². The first kappa shape index (κ1) is 11.7. The molecule has 2 aromatic rings. The fourth-order valence-electron chi connectivity index (χ4n) is 1.69. The van der Waals surface area contributed by atoms with E-state index in [1.165, 1.54) is 0 Å². The minimum Gasteiger partial charge on any atom is -0.397 e. The lowest BCUT2D eigenvalue weighted by Gasteiger charge is -2.20. The van der Waals surface area contributed by atoms with Gasteiger partial charge >= 0.3 is 0 Å². The zero-order valence-electron chi connectivity index (χ0n) is 9.60. The minimum absolute atomic E-state index is 0.650. The van der Waals surface area contributed by atoms with Gasteiger partial charge in [-0.2, -0.15) is 0 Å². The van der Waals surface area contributed by atoms with Crippen molar-refractivity contribution in [2.24, 2.45) is 0 Å². The topological polar surface area (TPSA) is 42.2 Å². The van der Waals surface area contributed by atoms with Crippen molar-refractivity contribution in [2.75, 3.05) is 17.7 Å². The van der Waals surface area contributed by atoms with Gasteiger partial charge in [-0.1, -0.05) is 17.7 Å². The van der Waals surface area contributed by atoms with Crippen molar-refractivity contribution in [1.82, 2.24) is 4.98 Å². The first-order valence-corrected chi connectivity index (χ1v) is 5.70. The molecule has 4 heteroatoms. The van der Waals surface area contributed by atoms with Crippen LogP contribution in [0.3, 0.4) is 0 Å². The molecule has 0 saturated heterocycles. The molecule has 0 bridgehead atoms. The molecule has 3 nitrogen and oxygen atoms in total. The number of benzene rings is 1. The Morgan fingerprint density at radius 2 is 2.12 bits per heavy atom. The van der Waals surface area contributed by atoms with Crippen LogP contribution in [-0.2, 0) is 6.54 Å². The molecule has 0 unspecified atom stereocenters. The van der Waals surface area contributed by atoms with Crippen LogP contribution in [0.25, 0.3) is 0 Å². The summed E-state index contributed by atoms with van der Waals surface area (Å²) in [6.07, 6.45) is 1.79. The molecular weight excluding hydrogens is 234 g/mol. The lowest BCUT2D eigenvalue weighted by Crippen LogP contribution is -2.18. The number of halogens is 1. The van der Waals surface area contributed by atoms with Crippen LogP contribution in [0.5, 0.6) is 0 Å². The zero-order valence-corrected chi connectivity index (χ0v) is 10.4. The van der Waals surface area contributed by atoms with E-state index >= 15 is 0 Å². The molecule has 2 rings (SSSR count). The summed E-state index contributed by atoms with van der Waals surface area (Å²) in [5.41, 5.74) is 8.57. The summed E-state index contributed by atoms with van der Waals surface area (Å²) in [7, 11) is 1.98. The van der Waals surface area contributed by atoms with E-state index in [9.17, 15) is 0 Å². The molecule has 88 valence electrons. The SMILES string of the molecule is CN(Cc1ccccn1)c1ccc(Cl)cc1N. The van der Waals surface area contributed by atoms with Crippen LogP contribution >= 0.6 is 11.6 Å². The van der Waals surface area contributed by atoms with Gasteiger partial charge in [-0.05, 0) is 30.3 Å². The van der Waals surface area contributed by atoms with E-state index in [4.69, 9.17) is 17.3 Å². The van der Waals surface area contributed by atoms with Crippen LogP contribution in [0.15, 0.2) is 42.6 Å². The van der Waals surface area contributed by atoms with Gasteiger partial charge in [0.2, 0.25) is 0 Å². The average Bonchev–Trinajstić information content (AvgIpc) is 2.30. The largest absolute Gasteiger partial charge is 0.397 e. The van der Waals surface area contributed by atoms with Gasteiger partial charge < -0.3 is 10.6 Å². The van der Waals surface area contributed by atoms with Crippen molar-refractivity contribution in [2.45, 2.75) is 6.54 Å². The van der Waals surface area contributed by atoms with Crippen molar-refractivity contribution in [1.29, 1.82) is 0 Å². The average molecular weight is 248 g/mol. The van der Waals surface area contributed by atoms with Crippen LogP contribution in [0.2, 0.25) is 5.02 Å². The third kappa shape index (κ3) is 2.88. The van der Waals surface area contributed by atoms with Gasteiger partial charge in [0.25, 0.3) is 0 Å². The molecule has 0 saturated carbocycles. The molecule has 0 aliphatic rings. The Morgan fingerprint density at radius 1 is 1.29 bits per heavy atom. The summed E-state index contributed by atoms with van der Waals surface area (Å²) in [5, 5.41) is 0.650. The van der Waals surface area contributed by atoms with Crippen molar-refractivity contribution in [3.8, 4) is 0 Å². The molecular formula is C13H14ClN3. The second kappa shape index (κ2) is 5.06. The molecule has 0 fully saturated rings. The van der Waals surface area contributed by atoms with Gasteiger partial charge in [-0.15, -0.1) is 0 Å². The highest BCUT2D eigenvalue weighted by Crippen LogP contribution is 2.26. The monoisotopic (exact) mass is 247 g/mol. The summed E-state index contributed by atoms with van der Waals surface area (Å²) >= 11 is 5.87. The van der Waals surface area contributed by atoms with Gasteiger partial charge in [-0.3, -0.25) is 4.98 Å². The fraction of sp³-hybridized carbons (Fsp3) is 0.154. The standard InChI is InChI=1S/C13H14ClN3/c1-17(9-11-4-2-3-7-16-11)13-6-5-10(14)8-12(13)15/h2-8H,9,15H2,1H3. The molecule has 2 N–H and O–H groups in total. The van der Waals surface area contributed by atoms with Gasteiger partial charge in [0.15, 0.2) is 0 Å². The Kier molecular flexibility index (Phi) is 3.49. The normalized spacial score (nSPS) is 10.2. The maximum atomic E-state index is 5.93. The molecule has 0 spiro atoms. The van der Waals surface area contributed by atoms with Gasteiger partial charge in [-0.25, -0.2) is 0 Å². The third-order valence-electron chi connectivity index (χ3n) is 2.53. The van der Waals surface area contributed by atoms with Crippen molar-refractivity contribution in [3.05, 3.63) is 53.3 Å². The van der Waals surface area contributed by atoms with E-state index in [2.05, 4.69) is 4.98 Å². The number of anilines is 2. The van der Waals surface area contributed by atoms with Crippen molar-refractivity contribution < 1.29 is 0 Å². The molecule has 0 amide bonds. The summed E-state index contributed by atoms with van der Waals surface area (Å²) < 4.78 is 0. The Morgan fingerprint density at radius 3 is 2.76 bits per heavy atom. The summed E-state index contributed by atoms with van der Waals surface area (Å²) in [4.78, 5) is 6.33. The Hall–Kier alpha value is -1.74. The lowest BCUT2D eigenvalue weighted by molar-refractivity contribution is 0.886. The highest BCUT2D eigenvalue weighted by molar-refractivity contribution is 6.31. The number of hydrogen-bond donors (Lipinski definition) is 1. The van der Waals surface area contributed by atoms with Gasteiger partial charge in [0.1, 0.15) is 0 Å². The molecule has 1 aromatic carbocycles. The van der Waals surface area contributed by atoms with E-state index in [0.29, 0.717) is 17.3 Å². The Balaban J connectivity index is 2.17. The quantitative estimate of drug-likeness (QED) is 0.848. The molecule has 1 heterocycles. The van der Waals surface area contributed by atoms with Gasteiger partial charge in [0, 0.05) is 18.3 Å². The molecule has 0 atom stereocenters. The number of rotatable bonds is 3. The predicted octanol–water partition coefficient (Wildman–Crippen LogP) is 2.95. The van der Waals surface area contributed by atoms with Crippen LogP contribution in [0, 0.1) is 0 Å². The third-order valence-corrected chi connectivity index (χ3v) is 2.76. The van der Waals surface area contributed by atoms with E-state index in [1.807, 2.05) is 42.3 Å². The maximum Gasteiger partial charge on any atom is 0.0601 e. The molecule has 0 aliphatic carbocycles. The first-order valence-electron chi connectivity index (χ1n) is 5.33. The van der Waals surface area contributed by atoms with E-state index in [0.717, 1.165) is 11.4 Å². The Labute approximate surface area is 106 Å². The molecule has 17 heavy (non-hydrogen) atoms. The highest BCUT2D eigenvalue weighted by atomic mass is 35.5. The zero-order chi connectivity index (χ0) is 12.3. The second-order valence-electron chi connectivity index (χ2n) is 3.88. The van der Waals surface area contributed by atoms with Crippen molar-refractivity contribution in [3.63, 3.8) is 0 Å². The lowest BCUT2D eigenvalue weighted by atomic mass is 10.2. The first-order chi connectivity index (χ1) is 8.16. The molecule has 0 radical (unpaired) electrons. The second-order valence-corrected chi connectivity index (χ2v) is 4.32. The number of aromatic nitrogens is 1. The number of nitrogen functional groups attached to an aromatic ring is 1. The van der Waals surface area contributed by atoms with Crippen LogP contribution in [0.1, 0.15) is 5.69 Å². The van der Waals surface area contributed by atoms with Crippen LogP contribution < -0.4 is 10.6 Å². The minimum atomic E-state index is 0.650. The van der Waals surface area contributed by atoms with Gasteiger partial charge in [0.05, 0.1) is 23.6 Å². The maximum absolute atomic E-state index is 5.93. The number of nitrogens with zero attached hydrogens (tertiary/aromatic N) is 2. The number of nitrogens with two attached hydrogens (primary N) is 1. The fourth-order valence-corrected chi connectivity index (χ4v) is 1.87. The molecule has 1 aromatic heterocycles. The van der Waals surface area contributed by atoms with E-state index in [-0.39, 0.29) is 0 Å². The highest BCUT2D eigenvalue weighted by Gasteiger charge is 2.06. The summed E-state index contributed by atoms with van der Waals surface area (Å²) in [6.45, 7) is 0.715. The van der Waals surface area contributed by atoms with E-state index in [1.54, 1.807) is 12.3 Å². The number of hydrogen-bond acceptors (Lipinski definition) is 3. The van der Waals surface area contributed by atoms with E-state index < -0.39 is 0 Å². The predicted molar refractivity (Wildman–Crippen MR) is 72.2 cm³/mol. The Bertz CT molecular complexity index is 499. The van der Waals surface area contributed by atoms with Crippen LogP contribution in [0.4, 0.5) is 11.4 Å². The number of pyridine rings is 1.